The highest BCUT2D eigenvalue weighted by Gasteiger charge is 2.38. The Labute approximate surface area is 335 Å². The van der Waals surface area contributed by atoms with Crippen LogP contribution in [0.3, 0.4) is 0 Å². The first kappa shape index (κ1) is 32.8. The molecule has 0 unspecified atom stereocenters. The Morgan fingerprint density at radius 2 is 0.914 bits per heavy atom. The molecule has 0 saturated heterocycles. The lowest BCUT2D eigenvalue weighted by atomic mass is 9.80. The quantitative estimate of drug-likeness (QED) is 0.169. The van der Waals surface area contributed by atoms with Crippen LogP contribution in [0.1, 0.15) is 25.0 Å². The molecular weight excluding hydrogens is 705 g/mol. The van der Waals surface area contributed by atoms with Crippen LogP contribution >= 0.6 is 0 Å². The van der Waals surface area contributed by atoms with Gasteiger partial charge in [0.1, 0.15) is 0 Å². The number of nitrogens with zero attached hydrogens (tertiary/aromatic N) is 4. The summed E-state index contributed by atoms with van der Waals surface area (Å²) < 4.78 is 2.47. The smallest absolute Gasteiger partial charge is 0.164 e. The predicted octanol–water partition coefficient (Wildman–Crippen LogP) is 13.7. The summed E-state index contributed by atoms with van der Waals surface area (Å²) >= 11 is 0. The molecular formula is C54H36N4. The van der Waals surface area contributed by atoms with Gasteiger partial charge in [-0.2, -0.15) is 0 Å². The zero-order chi connectivity index (χ0) is 38.5. The number of rotatable bonds is 4. The average Bonchev–Trinajstić information content (AvgIpc) is 3.74. The number of para-hydroxylation sites is 1. The van der Waals surface area contributed by atoms with E-state index in [-0.39, 0.29) is 5.41 Å². The van der Waals surface area contributed by atoms with Gasteiger partial charge in [-0.25, -0.2) is 15.0 Å². The molecule has 4 nitrogen and oxygen atoms in total. The minimum Gasteiger partial charge on any atom is -0.309 e. The fourth-order valence-corrected chi connectivity index (χ4v) is 9.86. The molecule has 2 heterocycles. The normalized spacial score (nSPS) is 13.1. The van der Waals surface area contributed by atoms with Gasteiger partial charge in [0, 0.05) is 44.0 Å². The zero-order valence-corrected chi connectivity index (χ0v) is 32.1. The zero-order valence-electron chi connectivity index (χ0n) is 32.1. The van der Waals surface area contributed by atoms with Crippen molar-refractivity contribution in [2.75, 3.05) is 0 Å². The van der Waals surface area contributed by atoms with E-state index < -0.39 is 0 Å². The van der Waals surface area contributed by atoms with Gasteiger partial charge in [-0.15, -0.1) is 0 Å². The van der Waals surface area contributed by atoms with Gasteiger partial charge in [-0.05, 0) is 73.5 Å². The summed E-state index contributed by atoms with van der Waals surface area (Å²) in [7, 11) is 0. The summed E-state index contributed by atoms with van der Waals surface area (Å²) in [5, 5.41) is 9.62. The third kappa shape index (κ3) is 4.66. The van der Waals surface area contributed by atoms with Crippen molar-refractivity contribution in [2.24, 2.45) is 0 Å². The minimum atomic E-state index is -0.170. The van der Waals surface area contributed by atoms with E-state index >= 15 is 0 Å². The molecule has 1 aliphatic rings. The molecule has 0 aliphatic heterocycles. The van der Waals surface area contributed by atoms with Crippen LogP contribution in [0, 0.1) is 0 Å². The van der Waals surface area contributed by atoms with Crippen molar-refractivity contribution >= 4 is 54.1 Å². The molecule has 12 rings (SSSR count). The highest BCUT2D eigenvalue weighted by atomic mass is 15.0. The highest BCUT2D eigenvalue weighted by Crippen LogP contribution is 2.53. The molecule has 1 aliphatic carbocycles. The molecule has 0 saturated carbocycles. The van der Waals surface area contributed by atoms with Gasteiger partial charge in [0.15, 0.2) is 17.5 Å². The second-order valence-corrected chi connectivity index (χ2v) is 16.0. The predicted molar refractivity (Wildman–Crippen MR) is 241 cm³/mol. The lowest BCUT2D eigenvalue weighted by Gasteiger charge is -2.22. The third-order valence-corrected chi connectivity index (χ3v) is 12.4. The van der Waals surface area contributed by atoms with Crippen LogP contribution in [-0.2, 0) is 5.41 Å². The van der Waals surface area contributed by atoms with Crippen molar-refractivity contribution in [2.45, 2.75) is 19.3 Å². The van der Waals surface area contributed by atoms with Crippen LogP contribution in [0.4, 0.5) is 0 Å². The van der Waals surface area contributed by atoms with Gasteiger partial charge in [0.2, 0.25) is 0 Å². The minimum absolute atomic E-state index is 0.170. The van der Waals surface area contributed by atoms with E-state index in [0.29, 0.717) is 17.5 Å². The second kappa shape index (κ2) is 12.3. The number of benzene rings is 9. The lowest BCUT2D eigenvalue weighted by molar-refractivity contribution is 0.666. The van der Waals surface area contributed by atoms with E-state index in [1.54, 1.807) is 0 Å². The number of aromatic nitrogens is 4. The molecule has 11 aromatic rings. The molecule has 9 aromatic carbocycles. The molecule has 2 aromatic heterocycles. The fourth-order valence-electron chi connectivity index (χ4n) is 9.86. The Morgan fingerprint density at radius 3 is 1.60 bits per heavy atom. The van der Waals surface area contributed by atoms with Crippen LogP contribution < -0.4 is 0 Å². The molecule has 0 fully saturated rings. The van der Waals surface area contributed by atoms with E-state index in [0.717, 1.165) is 33.2 Å². The third-order valence-electron chi connectivity index (χ3n) is 12.4. The standard InChI is InChI=1S/C54H36N4/c1-54(2)45-27-15-13-24-39(45)41-29-30-47-49(50(41)54)42-26-14-16-28-46(42)58(47)35-31-43-38-23-10-9-21-36(38)37-22-11-12-25-40(37)48(43)44(32-35)53-56-51(33-17-5-3-6-18-33)55-52(57-53)34-19-7-4-8-20-34/h3-32H,1-2H3. The second-order valence-electron chi connectivity index (χ2n) is 16.0. The van der Waals surface area contributed by atoms with E-state index in [1.807, 2.05) is 36.4 Å². The van der Waals surface area contributed by atoms with Gasteiger partial charge >= 0.3 is 0 Å². The van der Waals surface area contributed by atoms with Gasteiger partial charge in [-0.3, -0.25) is 0 Å². The summed E-state index contributed by atoms with van der Waals surface area (Å²) in [6, 6.07) is 65.2. The van der Waals surface area contributed by atoms with Crippen molar-refractivity contribution in [1.82, 2.24) is 19.5 Å². The van der Waals surface area contributed by atoms with Crippen LogP contribution in [0.15, 0.2) is 182 Å². The van der Waals surface area contributed by atoms with Crippen molar-refractivity contribution in [3.63, 3.8) is 0 Å². The average molecular weight is 741 g/mol. The molecule has 0 atom stereocenters. The van der Waals surface area contributed by atoms with E-state index in [9.17, 15) is 0 Å². The van der Waals surface area contributed by atoms with E-state index in [4.69, 9.17) is 15.0 Å². The molecule has 0 N–H and O–H groups in total. The van der Waals surface area contributed by atoms with Crippen LogP contribution in [0.2, 0.25) is 0 Å². The maximum absolute atomic E-state index is 5.34. The summed E-state index contributed by atoms with van der Waals surface area (Å²) in [5.41, 5.74) is 11.5. The maximum Gasteiger partial charge on any atom is 0.164 e. The fraction of sp³-hybridized carbons (Fsp3) is 0.0556. The topological polar surface area (TPSA) is 43.6 Å². The molecule has 0 bridgehead atoms. The molecule has 4 heteroatoms. The summed E-state index contributed by atoms with van der Waals surface area (Å²) in [4.78, 5) is 15.8. The number of fused-ring (bicyclic) bond motifs is 13. The summed E-state index contributed by atoms with van der Waals surface area (Å²) in [6.07, 6.45) is 0. The van der Waals surface area contributed by atoms with Crippen LogP contribution in [0.5, 0.6) is 0 Å². The number of hydrogen-bond acceptors (Lipinski definition) is 3. The van der Waals surface area contributed by atoms with E-state index in [1.165, 1.54) is 65.6 Å². The molecule has 0 spiro atoms. The number of hydrogen-bond donors (Lipinski definition) is 0. The first-order chi connectivity index (χ1) is 28.5. The van der Waals surface area contributed by atoms with Crippen LogP contribution in [0.25, 0.3) is 105 Å². The molecule has 0 radical (unpaired) electrons. The SMILES string of the molecule is CC1(C)c2ccccc2-c2ccc3c(c21)c1ccccc1n3-c1cc(-c2nc(-c3ccccc3)nc(-c3ccccc3)n2)c2c3ccccc3c3ccccc3c2c1. The highest BCUT2D eigenvalue weighted by molar-refractivity contribution is 6.29. The van der Waals surface area contributed by atoms with Crippen molar-refractivity contribution < 1.29 is 0 Å². The first-order valence-corrected chi connectivity index (χ1v) is 20.0. The van der Waals surface area contributed by atoms with Crippen molar-refractivity contribution in [3.05, 3.63) is 193 Å². The Bertz CT molecular complexity index is 3410. The van der Waals surface area contributed by atoms with Gasteiger partial charge in [0.05, 0.1) is 11.0 Å². The monoisotopic (exact) mass is 740 g/mol. The largest absolute Gasteiger partial charge is 0.309 e. The van der Waals surface area contributed by atoms with Crippen molar-refractivity contribution in [3.8, 4) is 51.0 Å². The Hall–Kier alpha value is -7.43. The maximum atomic E-state index is 5.34. The lowest BCUT2D eigenvalue weighted by Crippen LogP contribution is -2.15. The Balaban J connectivity index is 1.24. The van der Waals surface area contributed by atoms with Crippen molar-refractivity contribution in [1.29, 1.82) is 0 Å². The summed E-state index contributed by atoms with van der Waals surface area (Å²) in [6.45, 7) is 4.76. The summed E-state index contributed by atoms with van der Waals surface area (Å²) in [5.74, 6) is 1.92. The van der Waals surface area contributed by atoms with Gasteiger partial charge < -0.3 is 4.57 Å². The molecule has 58 heavy (non-hydrogen) atoms. The van der Waals surface area contributed by atoms with E-state index in [2.05, 4.69) is 164 Å². The Morgan fingerprint density at radius 1 is 0.379 bits per heavy atom. The van der Waals surface area contributed by atoms with Gasteiger partial charge in [0.25, 0.3) is 0 Å². The van der Waals surface area contributed by atoms with Gasteiger partial charge in [-0.1, -0.05) is 172 Å². The Kier molecular flexibility index (Phi) is 6.94. The van der Waals surface area contributed by atoms with Crippen LogP contribution in [-0.4, -0.2) is 19.5 Å². The molecule has 272 valence electrons. The first-order valence-electron chi connectivity index (χ1n) is 20.0. The molecule has 0 amide bonds.